The Kier molecular flexibility index (Phi) is 8.37. The number of likely N-dealkylation sites (tertiary alicyclic amines) is 1. The molecule has 2 rings (SSSR count). The van der Waals surface area contributed by atoms with Gasteiger partial charge in [-0.3, -0.25) is 0 Å². The van der Waals surface area contributed by atoms with E-state index in [9.17, 15) is 13.2 Å². The van der Waals surface area contributed by atoms with E-state index in [1.54, 1.807) is 0 Å². The van der Waals surface area contributed by atoms with Crippen LogP contribution in [-0.2, 0) is 10.0 Å². The minimum Gasteiger partial charge on any atom is -0.307 e. The monoisotopic (exact) mass is 443 g/mol. The van der Waals surface area contributed by atoms with Gasteiger partial charge in [0.05, 0.1) is 5.25 Å². The van der Waals surface area contributed by atoms with Crippen LogP contribution in [0.2, 0.25) is 5.02 Å². The molecule has 0 aromatic heterocycles. The molecule has 29 heavy (non-hydrogen) atoms. The average Bonchev–Trinajstić information content (AvgIpc) is 2.62. The summed E-state index contributed by atoms with van der Waals surface area (Å²) < 4.78 is 27.7. The van der Waals surface area contributed by atoms with Gasteiger partial charge in [0.1, 0.15) is 0 Å². The zero-order valence-electron chi connectivity index (χ0n) is 18.1. The summed E-state index contributed by atoms with van der Waals surface area (Å²) in [5.41, 5.74) is 2.42. The molecule has 6 nitrogen and oxygen atoms in total. The maximum atomic E-state index is 12.7. The molecule has 2 amide bonds. The van der Waals surface area contributed by atoms with E-state index in [-0.39, 0.29) is 11.8 Å². The molecule has 0 saturated carbocycles. The zero-order valence-corrected chi connectivity index (χ0v) is 19.7. The van der Waals surface area contributed by atoms with Gasteiger partial charge in [0.2, 0.25) is 10.0 Å². The third kappa shape index (κ3) is 6.33. The van der Waals surface area contributed by atoms with Crippen LogP contribution >= 0.6 is 11.6 Å². The van der Waals surface area contributed by atoms with E-state index in [1.807, 2.05) is 39.8 Å². The molecule has 2 N–H and O–H groups in total. The number of halogens is 1. The normalized spacial score (nSPS) is 16.4. The maximum Gasteiger partial charge on any atom is 0.332 e. The van der Waals surface area contributed by atoms with Crippen molar-refractivity contribution in [2.75, 3.05) is 25.0 Å². The smallest absolute Gasteiger partial charge is 0.307 e. The third-order valence-electron chi connectivity index (χ3n) is 5.39. The van der Waals surface area contributed by atoms with Gasteiger partial charge in [-0.1, -0.05) is 46.2 Å². The summed E-state index contributed by atoms with van der Waals surface area (Å²) in [6.07, 6.45) is 2.13. The van der Waals surface area contributed by atoms with Crippen molar-refractivity contribution in [3.8, 4) is 0 Å². The first kappa shape index (κ1) is 24.0. The molecule has 0 spiro atoms. The maximum absolute atomic E-state index is 12.7. The number of amides is 2. The van der Waals surface area contributed by atoms with Gasteiger partial charge in [-0.15, -0.1) is 0 Å². The van der Waals surface area contributed by atoms with Gasteiger partial charge in [-0.2, -0.15) is 0 Å². The van der Waals surface area contributed by atoms with Crippen molar-refractivity contribution in [2.45, 2.75) is 71.0 Å². The molecule has 0 radical (unpaired) electrons. The number of sulfonamides is 1. The molecule has 1 fully saturated rings. The van der Waals surface area contributed by atoms with Crippen molar-refractivity contribution in [2.24, 2.45) is 0 Å². The van der Waals surface area contributed by atoms with Crippen molar-refractivity contribution >= 4 is 33.3 Å². The van der Waals surface area contributed by atoms with Crippen molar-refractivity contribution in [3.63, 3.8) is 0 Å². The van der Waals surface area contributed by atoms with Gasteiger partial charge >= 0.3 is 6.03 Å². The number of anilines is 1. The Balaban J connectivity index is 2.14. The molecule has 8 heteroatoms. The molecule has 1 aromatic rings. The van der Waals surface area contributed by atoms with Crippen LogP contribution in [0.15, 0.2) is 12.1 Å². The molecule has 1 aliphatic rings. The van der Waals surface area contributed by atoms with Crippen molar-refractivity contribution < 1.29 is 13.2 Å². The fourth-order valence-electron chi connectivity index (χ4n) is 3.82. The molecule has 164 valence electrons. The van der Waals surface area contributed by atoms with Crippen LogP contribution in [0.5, 0.6) is 0 Å². The van der Waals surface area contributed by atoms with E-state index in [4.69, 9.17) is 11.6 Å². The minimum atomic E-state index is -3.73. The SMILES string of the molecule is CCCN1CCC(S(=O)(=O)NC(=O)Nc2c(C(C)C)cc(Cl)cc2C(C)C)CC1. The second kappa shape index (κ2) is 10.1. The number of carbonyl (C=O) groups is 1. The first-order chi connectivity index (χ1) is 13.5. The summed E-state index contributed by atoms with van der Waals surface area (Å²) in [6, 6.07) is 2.93. The lowest BCUT2D eigenvalue weighted by atomic mass is 9.92. The van der Waals surface area contributed by atoms with Crippen LogP contribution < -0.4 is 10.0 Å². The van der Waals surface area contributed by atoms with E-state index < -0.39 is 21.3 Å². The van der Waals surface area contributed by atoms with Crippen LogP contribution in [0.4, 0.5) is 10.5 Å². The van der Waals surface area contributed by atoms with E-state index in [2.05, 4.69) is 21.9 Å². The zero-order chi connectivity index (χ0) is 21.8. The Morgan fingerprint density at radius 2 is 1.66 bits per heavy atom. The summed E-state index contributed by atoms with van der Waals surface area (Å²) in [4.78, 5) is 14.9. The average molecular weight is 444 g/mol. The van der Waals surface area contributed by atoms with Crippen molar-refractivity contribution in [3.05, 3.63) is 28.3 Å². The van der Waals surface area contributed by atoms with E-state index in [0.29, 0.717) is 23.6 Å². The van der Waals surface area contributed by atoms with Gasteiger partial charge < -0.3 is 10.2 Å². The number of nitrogens with one attached hydrogen (secondary N) is 2. The first-order valence-corrected chi connectivity index (χ1v) is 12.4. The summed E-state index contributed by atoms with van der Waals surface area (Å²) in [5, 5.41) is 2.86. The van der Waals surface area contributed by atoms with Gasteiger partial charge in [0.25, 0.3) is 0 Å². The Hall–Kier alpha value is -1.31. The lowest BCUT2D eigenvalue weighted by Gasteiger charge is -2.31. The number of benzene rings is 1. The molecule has 0 unspecified atom stereocenters. The highest BCUT2D eigenvalue weighted by Gasteiger charge is 2.31. The topological polar surface area (TPSA) is 78.5 Å². The van der Waals surface area contributed by atoms with Gasteiger partial charge in [-0.05, 0) is 74.0 Å². The molecular formula is C21H34ClN3O3S. The van der Waals surface area contributed by atoms with Gasteiger partial charge in [0.15, 0.2) is 0 Å². The van der Waals surface area contributed by atoms with Gasteiger partial charge in [0, 0.05) is 10.7 Å². The lowest BCUT2D eigenvalue weighted by molar-refractivity contribution is 0.229. The highest BCUT2D eigenvalue weighted by atomic mass is 35.5. The fourth-order valence-corrected chi connectivity index (χ4v) is 5.36. The first-order valence-electron chi connectivity index (χ1n) is 10.4. The standard InChI is InChI=1S/C21H34ClN3O3S/c1-6-9-25-10-7-17(8-11-25)29(27,28)24-21(26)23-20-18(14(2)3)12-16(22)13-19(20)15(4)5/h12-15,17H,6-11H2,1-5H3,(H2,23,24,26). The van der Waals surface area contributed by atoms with E-state index >= 15 is 0 Å². The lowest BCUT2D eigenvalue weighted by Crippen LogP contribution is -2.46. The van der Waals surface area contributed by atoms with Crippen LogP contribution in [0, 0.1) is 0 Å². The fraction of sp³-hybridized carbons (Fsp3) is 0.667. The number of urea groups is 1. The predicted molar refractivity (Wildman–Crippen MR) is 120 cm³/mol. The summed E-state index contributed by atoms with van der Waals surface area (Å²) in [7, 11) is -3.73. The molecule has 0 bridgehead atoms. The Morgan fingerprint density at radius 1 is 1.14 bits per heavy atom. The van der Waals surface area contributed by atoms with Crippen molar-refractivity contribution in [1.29, 1.82) is 0 Å². The highest BCUT2D eigenvalue weighted by molar-refractivity contribution is 7.90. The Labute approximate surface area is 180 Å². The van der Waals surface area contributed by atoms with Crippen LogP contribution in [0.3, 0.4) is 0 Å². The number of carbonyl (C=O) groups excluding carboxylic acids is 1. The molecule has 1 saturated heterocycles. The number of hydrogen-bond acceptors (Lipinski definition) is 4. The number of rotatable bonds is 7. The molecule has 0 aliphatic carbocycles. The summed E-state index contributed by atoms with van der Waals surface area (Å²) in [5.74, 6) is 0.252. The second-order valence-corrected chi connectivity index (χ2v) is 10.8. The van der Waals surface area contributed by atoms with Gasteiger partial charge in [-0.25, -0.2) is 17.9 Å². The van der Waals surface area contributed by atoms with Crippen LogP contribution in [-0.4, -0.2) is 44.2 Å². The Morgan fingerprint density at radius 3 is 2.10 bits per heavy atom. The molecule has 0 atom stereocenters. The molecule has 1 heterocycles. The summed E-state index contributed by atoms with van der Waals surface area (Å²) >= 11 is 6.26. The van der Waals surface area contributed by atoms with Crippen LogP contribution in [0.1, 0.15) is 76.8 Å². The Bertz CT molecular complexity index is 787. The number of hydrogen-bond donors (Lipinski definition) is 2. The number of piperidine rings is 1. The van der Waals surface area contributed by atoms with Crippen molar-refractivity contribution in [1.82, 2.24) is 9.62 Å². The largest absolute Gasteiger partial charge is 0.332 e. The summed E-state index contributed by atoms with van der Waals surface area (Å²) in [6.45, 7) is 12.6. The second-order valence-electron chi connectivity index (χ2n) is 8.41. The van der Waals surface area contributed by atoms with Crippen LogP contribution in [0.25, 0.3) is 0 Å². The molecular weight excluding hydrogens is 410 g/mol. The predicted octanol–water partition coefficient (Wildman–Crippen LogP) is 4.91. The van der Waals surface area contributed by atoms with E-state index in [0.717, 1.165) is 37.2 Å². The number of nitrogens with zero attached hydrogens (tertiary/aromatic N) is 1. The highest BCUT2D eigenvalue weighted by Crippen LogP contribution is 2.35. The third-order valence-corrected chi connectivity index (χ3v) is 7.43. The minimum absolute atomic E-state index is 0.126. The molecule has 1 aromatic carbocycles. The quantitative estimate of drug-likeness (QED) is 0.627. The molecule has 1 aliphatic heterocycles. The van der Waals surface area contributed by atoms with E-state index in [1.165, 1.54) is 0 Å².